The van der Waals surface area contributed by atoms with Crippen molar-refractivity contribution in [2.75, 3.05) is 13.1 Å². The van der Waals surface area contributed by atoms with Crippen LogP contribution < -0.4 is 33.2 Å². The second-order valence-electron chi connectivity index (χ2n) is 8.61. The van der Waals surface area contributed by atoms with Crippen molar-refractivity contribution in [1.82, 2.24) is 16.0 Å². The molecule has 0 bridgehead atoms. The molecule has 12 nitrogen and oxygen atoms in total. The summed E-state index contributed by atoms with van der Waals surface area (Å²) >= 11 is 0. The molecule has 0 spiro atoms. The van der Waals surface area contributed by atoms with Crippen LogP contribution in [0.15, 0.2) is 65.7 Å². The highest BCUT2D eigenvalue weighted by Crippen LogP contribution is 2.08. The van der Waals surface area contributed by atoms with Crippen molar-refractivity contribution in [3.05, 3.63) is 71.8 Å². The minimum absolute atomic E-state index is 0.0764. The molecule has 204 valence electrons. The summed E-state index contributed by atoms with van der Waals surface area (Å²) in [6, 6.07) is 14.7. The van der Waals surface area contributed by atoms with Gasteiger partial charge in [0.05, 0.1) is 6.54 Å². The van der Waals surface area contributed by atoms with E-state index < -0.39 is 41.8 Å². The van der Waals surface area contributed by atoms with Crippen LogP contribution in [-0.2, 0) is 32.0 Å². The Kier molecular flexibility index (Phi) is 12.2. The molecule has 3 unspecified atom stereocenters. The molecule has 0 aliphatic carbocycles. The van der Waals surface area contributed by atoms with Crippen molar-refractivity contribution >= 4 is 29.7 Å². The molecule has 38 heavy (non-hydrogen) atoms. The summed E-state index contributed by atoms with van der Waals surface area (Å²) in [5, 5.41) is 17.4. The van der Waals surface area contributed by atoms with Crippen molar-refractivity contribution in [1.29, 1.82) is 0 Å². The smallest absolute Gasteiger partial charge is 0.326 e. The maximum Gasteiger partial charge on any atom is 0.326 e. The predicted molar refractivity (Wildman–Crippen MR) is 143 cm³/mol. The summed E-state index contributed by atoms with van der Waals surface area (Å²) in [7, 11) is 0. The fourth-order valence-electron chi connectivity index (χ4n) is 3.68. The van der Waals surface area contributed by atoms with E-state index in [0.717, 1.165) is 11.1 Å². The first kappa shape index (κ1) is 29.8. The van der Waals surface area contributed by atoms with Gasteiger partial charge in [-0.05, 0) is 24.0 Å². The molecule has 3 amide bonds. The first-order valence-corrected chi connectivity index (χ1v) is 12.2. The van der Waals surface area contributed by atoms with E-state index in [1.54, 1.807) is 36.4 Å². The number of aliphatic carboxylic acids is 1. The molecule has 0 saturated heterocycles. The Balaban J connectivity index is 2.21. The number of carbonyl (C=O) groups excluding carboxylic acids is 3. The molecule has 2 rings (SSSR count). The largest absolute Gasteiger partial charge is 0.480 e. The van der Waals surface area contributed by atoms with Gasteiger partial charge in [0.25, 0.3) is 0 Å². The van der Waals surface area contributed by atoms with Gasteiger partial charge in [-0.1, -0.05) is 60.7 Å². The molecule has 0 saturated carbocycles. The summed E-state index contributed by atoms with van der Waals surface area (Å²) in [6.45, 7) is -0.110. The monoisotopic (exact) mass is 525 g/mol. The van der Waals surface area contributed by atoms with E-state index in [-0.39, 0.29) is 38.3 Å². The number of rotatable bonds is 15. The van der Waals surface area contributed by atoms with E-state index >= 15 is 0 Å². The Morgan fingerprint density at radius 2 is 1.24 bits per heavy atom. The lowest BCUT2D eigenvalue weighted by molar-refractivity contribution is -0.142. The zero-order valence-corrected chi connectivity index (χ0v) is 21.0. The maximum atomic E-state index is 13.3. The van der Waals surface area contributed by atoms with Gasteiger partial charge in [-0.3, -0.25) is 19.4 Å². The molecule has 0 aliphatic heterocycles. The number of aliphatic imine (C=N–C) groups is 1. The van der Waals surface area contributed by atoms with Crippen LogP contribution in [-0.4, -0.2) is 66.0 Å². The Labute approximate surface area is 221 Å². The molecular weight excluding hydrogens is 490 g/mol. The average Bonchev–Trinajstić information content (AvgIpc) is 2.90. The van der Waals surface area contributed by atoms with Crippen LogP contribution in [0.3, 0.4) is 0 Å². The second kappa shape index (κ2) is 15.6. The summed E-state index contributed by atoms with van der Waals surface area (Å²) in [5.41, 5.74) is 17.5. The SMILES string of the molecule is NCC(=O)NC(Cc1ccccc1)C(=O)NC(Cc1ccccc1)C(=O)NC(CCCN=C(N)N)C(=O)O. The lowest BCUT2D eigenvalue weighted by Crippen LogP contribution is -2.57. The fraction of sp³-hybridized carbons (Fsp3) is 0.346. The minimum atomic E-state index is -1.23. The second-order valence-corrected chi connectivity index (χ2v) is 8.61. The summed E-state index contributed by atoms with van der Waals surface area (Å²) in [5.74, 6) is -3.16. The van der Waals surface area contributed by atoms with Crippen molar-refractivity contribution < 1.29 is 24.3 Å². The molecule has 2 aromatic carbocycles. The minimum Gasteiger partial charge on any atom is -0.480 e. The molecule has 10 N–H and O–H groups in total. The summed E-state index contributed by atoms with van der Waals surface area (Å²) < 4.78 is 0. The van der Waals surface area contributed by atoms with Gasteiger partial charge in [-0.2, -0.15) is 0 Å². The molecule has 0 radical (unpaired) electrons. The number of nitrogens with one attached hydrogen (secondary N) is 3. The van der Waals surface area contributed by atoms with Gasteiger partial charge in [0, 0.05) is 19.4 Å². The van der Waals surface area contributed by atoms with Crippen LogP contribution in [0.4, 0.5) is 0 Å². The van der Waals surface area contributed by atoms with E-state index in [1.165, 1.54) is 0 Å². The maximum absolute atomic E-state index is 13.3. The molecular formula is C26H35N7O5. The number of carboxylic acid groups (broad SMARTS) is 1. The molecule has 0 aromatic heterocycles. The van der Waals surface area contributed by atoms with Crippen molar-refractivity contribution in [3.63, 3.8) is 0 Å². The van der Waals surface area contributed by atoms with E-state index in [2.05, 4.69) is 20.9 Å². The first-order valence-electron chi connectivity index (χ1n) is 12.2. The van der Waals surface area contributed by atoms with Gasteiger partial charge in [0.15, 0.2) is 5.96 Å². The number of amides is 3. The molecule has 12 heteroatoms. The van der Waals surface area contributed by atoms with E-state index in [0.29, 0.717) is 6.42 Å². The van der Waals surface area contributed by atoms with Crippen LogP contribution >= 0.6 is 0 Å². The highest BCUT2D eigenvalue weighted by molar-refractivity contribution is 5.94. The first-order chi connectivity index (χ1) is 18.2. The van der Waals surface area contributed by atoms with Gasteiger partial charge in [-0.25, -0.2) is 4.79 Å². The van der Waals surface area contributed by atoms with Gasteiger partial charge in [0.2, 0.25) is 17.7 Å². The topological polar surface area (TPSA) is 215 Å². The Morgan fingerprint density at radius 1 is 0.763 bits per heavy atom. The average molecular weight is 526 g/mol. The van der Waals surface area contributed by atoms with Crippen molar-refractivity contribution in [3.8, 4) is 0 Å². The van der Waals surface area contributed by atoms with Gasteiger partial charge < -0.3 is 38.3 Å². The van der Waals surface area contributed by atoms with Gasteiger partial charge >= 0.3 is 5.97 Å². The summed E-state index contributed by atoms with van der Waals surface area (Å²) in [4.78, 5) is 54.2. The Hall–Kier alpha value is -4.45. The summed E-state index contributed by atoms with van der Waals surface area (Å²) in [6.07, 6.45) is 0.657. The number of guanidine groups is 1. The predicted octanol–water partition coefficient (Wildman–Crippen LogP) is -0.977. The number of carboxylic acids is 1. The highest BCUT2D eigenvalue weighted by Gasteiger charge is 2.29. The van der Waals surface area contributed by atoms with E-state index in [4.69, 9.17) is 17.2 Å². The number of hydrogen-bond donors (Lipinski definition) is 7. The van der Waals surface area contributed by atoms with Crippen molar-refractivity contribution in [2.45, 2.75) is 43.8 Å². The Morgan fingerprint density at radius 3 is 1.68 bits per heavy atom. The van der Waals surface area contributed by atoms with E-state index in [9.17, 15) is 24.3 Å². The van der Waals surface area contributed by atoms with E-state index in [1.807, 2.05) is 24.3 Å². The fourth-order valence-corrected chi connectivity index (χ4v) is 3.68. The van der Waals surface area contributed by atoms with Crippen LogP contribution in [0.2, 0.25) is 0 Å². The standard InChI is InChI=1S/C26H35N7O5/c27-16-22(34)31-20(14-17-8-3-1-4-9-17)23(35)33-21(15-18-10-5-2-6-11-18)24(36)32-19(25(37)38)12-7-13-30-26(28)29/h1-6,8-11,19-21H,7,12-16,27H2,(H,31,34)(H,32,36)(H,33,35)(H,37,38)(H4,28,29,30). The van der Waals surface area contributed by atoms with Gasteiger partial charge in [0.1, 0.15) is 18.1 Å². The number of nitrogens with zero attached hydrogens (tertiary/aromatic N) is 1. The number of hydrogen-bond acceptors (Lipinski definition) is 6. The van der Waals surface area contributed by atoms with Gasteiger partial charge in [-0.15, -0.1) is 0 Å². The lowest BCUT2D eigenvalue weighted by atomic mass is 10.0. The quantitative estimate of drug-likeness (QED) is 0.0869. The van der Waals surface area contributed by atoms with Crippen LogP contribution in [0.1, 0.15) is 24.0 Å². The third-order valence-corrected chi connectivity index (χ3v) is 5.60. The number of nitrogens with two attached hydrogens (primary N) is 3. The Bertz CT molecular complexity index is 1090. The van der Waals surface area contributed by atoms with Crippen LogP contribution in [0, 0.1) is 0 Å². The number of carbonyl (C=O) groups is 4. The normalized spacial score (nSPS) is 12.9. The zero-order chi connectivity index (χ0) is 27.9. The molecule has 2 aromatic rings. The number of benzene rings is 2. The van der Waals surface area contributed by atoms with Crippen LogP contribution in [0.25, 0.3) is 0 Å². The van der Waals surface area contributed by atoms with Crippen LogP contribution in [0.5, 0.6) is 0 Å². The molecule has 3 atom stereocenters. The zero-order valence-electron chi connectivity index (χ0n) is 21.0. The lowest BCUT2D eigenvalue weighted by Gasteiger charge is -2.25. The highest BCUT2D eigenvalue weighted by atomic mass is 16.4. The third kappa shape index (κ3) is 10.7. The molecule has 0 heterocycles. The molecule has 0 aliphatic rings. The third-order valence-electron chi connectivity index (χ3n) is 5.60. The molecule has 0 fully saturated rings. The van der Waals surface area contributed by atoms with Crippen molar-refractivity contribution in [2.24, 2.45) is 22.2 Å².